The van der Waals surface area contributed by atoms with Crippen LogP contribution in [-0.2, 0) is 22.2 Å². The molecule has 2 heterocycles. The average Bonchev–Trinajstić information content (AvgIpc) is 3.06. The van der Waals surface area contributed by atoms with E-state index in [1.807, 2.05) is 17.5 Å². The number of nitrogens with one attached hydrogen (secondary N) is 1. The van der Waals surface area contributed by atoms with E-state index in [-0.39, 0.29) is 5.75 Å². The van der Waals surface area contributed by atoms with Crippen LogP contribution in [0, 0.1) is 0 Å². The maximum absolute atomic E-state index is 12.1. The summed E-state index contributed by atoms with van der Waals surface area (Å²) < 4.78 is 26.9. The standard InChI is InChI=1S/C17H16ClN3O2S2/c18-15-5-3-13(4-6-15)12-25(22,23)20-9-7-17-21-16(11-24-17)14-2-1-8-19-10-14/h1-6,8,10-11,20H,7,9,12H2. The van der Waals surface area contributed by atoms with Crippen LogP contribution >= 0.6 is 22.9 Å². The number of hydrogen-bond acceptors (Lipinski definition) is 5. The molecule has 0 aliphatic rings. The number of aromatic nitrogens is 2. The van der Waals surface area contributed by atoms with Gasteiger partial charge in [0.1, 0.15) is 0 Å². The number of thiazole rings is 1. The summed E-state index contributed by atoms with van der Waals surface area (Å²) in [6.07, 6.45) is 4.02. The first-order valence-corrected chi connectivity index (χ1v) is 10.5. The third-order valence-electron chi connectivity index (χ3n) is 3.44. The lowest BCUT2D eigenvalue weighted by molar-refractivity contribution is 0.580. The summed E-state index contributed by atoms with van der Waals surface area (Å²) in [7, 11) is -3.39. The molecule has 1 N–H and O–H groups in total. The van der Waals surface area contributed by atoms with Crippen LogP contribution < -0.4 is 4.72 Å². The van der Waals surface area contributed by atoms with Crippen molar-refractivity contribution in [2.75, 3.05) is 6.54 Å². The van der Waals surface area contributed by atoms with E-state index in [0.717, 1.165) is 16.3 Å². The normalized spacial score (nSPS) is 11.6. The Kier molecular flexibility index (Phi) is 5.80. The zero-order valence-electron chi connectivity index (χ0n) is 13.2. The molecule has 5 nitrogen and oxygen atoms in total. The van der Waals surface area contributed by atoms with E-state index in [1.165, 1.54) is 11.3 Å². The number of pyridine rings is 1. The Balaban J connectivity index is 1.54. The monoisotopic (exact) mass is 393 g/mol. The van der Waals surface area contributed by atoms with Crippen molar-refractivity contribution in [1.29, 1.82) is 0 Å². The maximum atomic E-state index is 12.1. The second-order valence-electron chi connectivity index (χ2n) is 5.40. The highest BCUT2D eigenvalue weighted by Crippen LogP contribution is 2.21. The van der Waals surface area contributed by atoms with E-state index in [1.54, 1.807) is 36.7 Å². The van der Waals surface area contributed by atoms with Gasteiger partial charge in [0.25, 0.3) is 0 Å². The van der Waals surface area contributed by atoms with Gasteiger partial charge in [-0.15, -0.1) is 11.3 Å². The molecule has 0 radical (unpaired) electrons. The Labute approximate surface area is 155 Å². The van der Waals surface area contributed by atoms with Gasteiger partial charge in [0.05, 0.1) is 16.5 Å². The summed E-state index contributed by atoms with van der Waals surface area (Å²) in [6.45, 7) is 0.315. The summed E-state index contributed by atoms with van der Waals surface area (Å²) in [5.74, 6) is -0.0665. The van der Waals surface area contributed by atoms with E-state index in [0.29, 0.717) is 23.6 Å². The lowest BCUT2D eigenvalue weighted by Crippen LogP contribution is -2.27. The van der Waals surface area contributed by atoms with Gasteiger partial charge in [0, 0.05) is 41.3 Å². The number of rotatable bonds is 7. The van der Waals surface area contributed by atoms with E-state index >= 15 is 0 Å². The molecule has 8 heteroatoms. The third-order valence-corrected chi connectivity index (χ3v) is 5.96. The van der Waals surface area contributed by atoms with Gasteiger partial charge in [0.15, 0.2) is 0 Å². The topological polar surface area (TPSA) is 72.0 Å². The van der Waals surface area contributed by atoms with Crippen molar-refractivity contribution >= 4 is 33.0 Å². The minimum Gasteiger partial charge on any atom is -0.264 e. The van der Waals surface area contributed by atoms with Gasteiger partial charge in [-0.05, 0) is 29.8 Å². The van der Waals surface area contributed by atoms with E-state index < -0.39 is 10.0 Å². The first-order valence-electron chi connectivity index (χ1n) is 7.58. The molecule has 0 spiro atoms. The molecule has 1 aromatic carbocycles. The van der Waals surface area contributed by atoms with E-state index in [4.69, 9.17) is 11.6 Å². The quantitative estimate of drug-likeness (QED) is 0.666. The Morgan fingerprint density at radius 1 is 1.16 bits per heavy atom. The van der Waals surface area contributed by atoms with Gasteiger partial charge >= 0.3 is 0 Å². The predicted octanol–water partition coefficient (Wildman–Crippen LogP) is 3.52. The predicted molar refractivity (Wildman–Crippen MR) is 101 cm³/mol. The van der Waals surface area contributed by atoms with E-state index in [2.05, 4.69) is 14.7 Å². The van der Waals surface area contributed by atoms with E-state index in [9.17, 15) is 8.42 Å². The number of halogens is 1. The fraction of sp³-hybridized carbons (Fsp3) is 0.176. The van der Waals surface area contributed by atoms with Gasteiger partial charge in [-0.25, -0.2) is 18.1 Å². The SMILES string of the molecule is O=S(=O)(Cc1ccc(Cl)cc1)NCCc1nc(-c2cccnc2)cs1. The lowest BCUT2D eigenvalue weighted by atomic mass is 10.2. The second kappa shape index (κ2) is 8.05. The molecule has 3 aromatic rings. The molecule has 0 amide bonds. The molecule has 0 aliphatic carbocycles. The highest BCUT2D eigenvalue weighted by atomic mass is 35.5. The van der Waals surface area contributed by atoms with Crippen molar-refractivity contribution in [2.45, 2.75) is 12.2 Å². The molecule has 130 valence electrons. The molecule has 25 heavy (non-hydrogen) atoms. The summed E-state index contributed by atoms with van der Waals surface area (Å²) in [4.78, 5) is 8.60. The molecule has 0 saturated heterocycles. The first kappa shape index (κ1) is 18.0. The number of hydrogen-bond donors (Lipinski definition) is 1. The zero-order chi connectivity index (χ0) is 17.7. The van der Waals surface area contributed by atoms with Crippen LogP contribution in [0.2, 0.25) is 5.02 Å². The Morgan fingerprint density at radius 2 is 1.96 bits per heavy atom. The van der Waals surface area contributed by atoms with Gasteiger partial charge in [-0.3, -0.25) is 4.98 Å². The van der Waals surface area contributed by atoms with Crippen molar-refractivity contribution in [3.63, 3.8) is 0 Å². The Bertz CT molecular complexity index is 926. The van der Waals surface area contributed by atoms with Gasteiger partial charge in [-0.2, -0.15) is 0 Å². The molecule has 0 atom stereocenters. The fourth-order valence-electron chi connectivity index (χ4n) is 2.24. The van der Waals surface area contributed by atoms with Crippen molar-refractivity contribution < 1.29 is 8.42 Å². The van der Waals surface area contributed by atoms with Gasteiger partial charge in [-0.1, -0.05) is 23.7 Å². The van der Waals surface area contributed by atoms with Crippen molar-refractivity contribution in [2.24, 2.45) is 0 Å². The maximum Gasteiger partial charge on any atom is 0.215 e. The average molecular weight is 394 g/mol. The lowest BCUT2D eigenvalue weighted by Gasteiger charge is -2.06. The smallest absolute Gasteiger partial charge is 0.215 e. The van der Waals surface area contributed by atoms with Gasteiger partial charge in [0.2, 0.25) is 10.0 Å². The van der Waals surface area contributed by atoms with Crippen molar-refractivity contribution in [1.82, 2.24) is 14.7 Å². The van der Waals surface area contributed by atoms with Crippen molar-refractivity contribution in [3.8, 4) is 11.3 Å². The molecule has 0 fully saturated rings. The molecule has 0 saturated carbocycles. The minimum absolute atomic E-state index is 0.0665. The molecule has 0 aliphatic heterocycles. The molecular weight excluding hydrogens is 378 g/mol. The third kappa shape index (κ3) is 5.34. The first-order chi connectivity index (χ1) is 12.0. The van der Waals surface area contributed by atoms with Crippen LogP contribution in [0.4, 0.5) is 0 Å². The minimum atomic E-state index is -3.39. The zero-order valence-corrected chi connectivity index (χ0v) is 15.6. The molecule has 0 bridgehead atoms. The Hall–Kier alpha value is -1.80. The number of nitrogens with zero attached hydrogens (tertiary/aromatic N) is 2. The van der Waals surface area contributed by atoms with Crippen LogP contribution in [0.25, 0.3) is 11.3 Å². The fourth-order valence-corrected chi connectivity index (χ4v) is 4.32. The number of benzene rings is 1. The van der Waals surface area contributed by atoms with Crippen LogP contribution in [0.15, 0.2) is 54.2 Å². The summed E-state index contributed by atoms with van der Waals surface area (Å²) in [5.41, 5.74) is 2.51. The largest absolute Gasteiger partial charge is 0.264 e. The van der Waals surface area contributed by atoms with Crippen LogP contribution in [-0.4, -0.2) is 24.9 Å². The number of sulfonamides is 1. The van der Waals surface area contributed by atoms with Crippen LogP contribution in [0.5, 0.6) is 0 Å². The summed E-state index contributed by atoms with van der Waals surface area (Å²) in [5, 5.41) is 3.42. The molecule has 2 aromatic heterocycles. The van der Waals surface area contributed by atoms with Crippen molar-refractivity contribution in [3.05, 3.63) is 69.8 Å². The van der Waals surface area contributed by atoms with Crippen LogP contribution in [0.3, 0.4) is 0 Å². The summed E-state index contributed by atoms with van der Waals surface area (Å²) in [6, 6.07) is 10.6. The highest BCUT2D eigenvalue weighted by Gasteiger charge is 2.12. The van der Waals surface area contributed by atoms with Crippen LogP contribution in [0.1, 0.15) is 10.6 Å². The molecule has 0 unspecified atom stereocenters. The highest BCUT2D eigenvalue weighted by molar-refractivity contribution is 7.88. The van der Waals surface area contributed by atoms with Gasteiger partial charge < -0.3 is 0 Å². The Morgan fingerprint density at radius 3 is 2.68 bits per heavy atom. The molecule has 3 rings (SSSR count). The second-order valence-corrected chi connectivity index (χ2v) is 8.58. The molecular formula is C17H16ClN3O2S2. The summed E-state index contributed by atoms with van der Waals surface area (Å²) >= 11 is 7.32.